The van der Waals surface area contributed by atoms with Gasteiger partial charge >= 0.3 is 0 Å². The number of H-pyrrole nitrogens is 1. The van der Waals surface area contributed by atoms with Crippen molar-refractivity contribution < 1.29 is 9.59 Å². The van der Waals surface area contributed by atoms with E-state index in [4.69, 9.17) is 5.73 Å². The van der Waals surface area contributed by atoms with Crippen LogP contribution in [0.4, 0.5) is 0 Å². The first kappa shape index (κ1) is 17.2. The molecule has 1 aliphatic carbocycles. The molecule has 1 aromatic heterocycles. The van der Waals surface area contributed by atoms with Crippen LogP contribution in [0.15, 0.2) is 36.8 Å². The maximum atomic E-state index is 12.7. The minimum atomic E-state index is -0.694. The van der Waals surface area contributed by atoms with Gasteiger partial charge in [-0.2, -0.15) is 0 Å². The van der Waals surface area contributed by atoms with E-state index in [1.54, 1.807) is 19.6 Å². The highest BCUT2D eigenvalue weighted by atomic mass is 16.2. The Labute approximate surface area is 146 Å². The number of nitrogens with one attached hydrogen (secondary N) is 3. The van der Waals surface area contributed by atoms with Crippen molar-refractivity contribution in [2.75, 3.05) is 7.05 Å². The van der Waals surface area contributed by atoms with Crippen molar-refractivity contribution in [2.24, 2.45) is 5.73 Å². The molecule has 0 aliphatic heterocycles. The maximum Gasteiger partial charge on any atom is 0.242 e. The summed E-state index contributed by atoms with van der Waals surface area (Å²) >= 11 is 0. The molecule has 7 nitrogen and oxygen atoms in total. The number of carbonyl (C=O) groups is 2. The number of carbonyl (C=O) groups excluding carboxylic acids is 2. The molecule has 0 saturated carbocycles. The van der Waals surface area contributed by atoms with E-state index >= 15 is 0 Å². The minimum absolute atomic E-state index is 0.0197. The summed E-state index contributed by atoms with van der Waals surface area (Å²) < 4.78 is 0. The molecule has 3 rings (SSSR count). The quantitative estimate of drug-likeness (QED) is 0.603. The highest BCUT2D eigenvalue weighted by Crippen LogP contribution is 2.34. The average molecular weight is 341 g/mol. The molecule has 132 valence electrons. The van der Waals surface area contributed by atoms with Gasteiger partial charge < -0.3 is 21.4 Å². The summed E-state index contributed by atoms with van der Waals surface area (Å²) in [6.07, 6.45) is 5.28. The predicted molar refractivity (Wildman–Crippen MR) is 93.8 cm³/mol. The third-order valence-corrected chi connectivity index (χ3v) is 4.77. The van der Waals surface area contributed by atoms with Crippen LogP contribution in [0.1, 0.15) is 29.2 Å². The number of aromatic amines is 1. The van der Waals surface area contributed by atoms with Gasteiger partial charge in [-0.25, -0.2) is 4.98 Å². The second-order valence-electron chi connectivity index (χ2n) is 6.33. The van der Waals surface area contributed by atoms with E-state index < -0.39 is 12.1 Å². The molecular weight excluding hydrogens is 318 g/mol. The Morgan fingerprint density at radius 3 is 2.88 bits per heavy atom. The van der Waals surface area contributed by atoms with E-state index in [1.165, 1.54) is 5.56 Å². The van der Waals surface area contributed by atoms with Crippen molar-refractivity contribution in [3.63, 3.8) is 0 Å². The summed E-state index contributed by atoms with van der Waals surface area (Å²) in [5, 5.41) is 5.37. The number of fused-ring (bicyclic) bond motifs is 1. The van der Waals surface area contributed by atoms with Gasteiger partial charge in [-0.05, 0) is 24.0 Å². The van der Waals surface area contributed by atoms with Gasteiger partial charge in [0.1, 0.15) is 6.04 Å². The summed E-state index contributed by atoms with van der Waals surface area (Å²) in [6.45, 7) is 0. The fourth-order valence-electron chi connectivity index (χ4n) is 3.41. The Bertz CT molecular complexity index is 744. The molecule has 5 N–H and O–H groups in total. The Kier molecular flexibility index (Phi) is 5.14. The zero-order chi connectivity index (χ0) is 17.8. The SMILES string of the molecule is CNC(=O)[C@H](Cc1cnc[nH]1)NC(=O)[C@@H](N)C1CCc2ccccc21. The Morgan fingerprint density at radius 2 is 2.16 bits per heavy atom. The van der Waals surface area contributed by atoms with Crippen molar-refractivity contribution >= 4 is 11.8 Å². The van der Waals surface area contributed by atoms with Crippen LogP contribution in [-0.2, 0) is 22.4 Å². The van der Waals surface area contributed by atoms with Crippen LogP contribution in [0.5, 0.6) is 0 Å². The van der Waals surface area contributed by atoms with Crippen LogP contribution in [0.3, 0.4) is 0 Å². The number of benzene rings is 1. The van der Waals surface area contributed by atoms with Crippen molar-refractivity contribution in [3.8, 4) is 0 Å². The van der Waals surface area contributed by atoms with Crippen LogP contribution < -0.4 is 16.4 Å². The normalized spacial score (nSPS) is 18.2. The Balaban J connectivity index is 1.69. The number of hydrogen-bond donors (Lipinski definition) is 4. The molecule has 1 heterocycles. The van der Waals surface area contributed by atoms with Gasteiger partial charge in [0, 0.05) is 31.3 Å². The first-order chi connectivity index (χ1) is 12.1. The van der Waals surface area contributed by atoms with Crippen molar-refractivity contribution in [3.05, 3.63) is 53.6 Å². The molecule has 1 unspecified atom stereocenters. The highest BCUT2D eigenvalue weighted by molar-refractivity contribution is 5.90. The van der Waals surface area contributed by atoms with Crippen LogP contribution in [0.25, 0.3) is 0 Å². The number of hydrogen-bond acceptors (Lipinski definition) is 4. The molecule has 1 aliphatic rings. The highest BCUT2D eigenvalue weighted by Gasteiger charge is 2.33. The van der Waals surface area contributed by atoms with Crippen LogP contribution in [0, 0.1) is 0 Å². The summed E-state index contributed by atoms with van der Waals surface area (Å²) in [4.78, 5) is 31.7. The lowest BCUT2D eigenvalue weighted by Crippen LogP contribution is -2.53. The van der Waals surface area contributed by atoms with Crippen molar-refractivity contribution in [2.45, 2.75) is 37.3 Å². The molecule has 7 heteroatoms. The number of amides is 2. The number of aromatic nitrogens is 2. The van der Waals surface area contributed by atoms with Crippen LogP contribution >= 0.6 is 0 Å². The molecule has 1 aromatic carbocycles. The molecule has 2 amide bonds. The van der Waals surface area contributed by atoms with E-state index in [0.717, 1.165) is 24.1 Å². The monoisotopic (exact) mass is 341 g/mol. The second kappa shape index (κ2) is 7.48. The molecule has 0 radical (unpaired) electrons. The topological polar surface area (TPSA) is 113 Å². The van der Waals surface area contributed by atoms with E-state index in [0.29, 0.717) is 6.42 Å². The molecular formula is C18H23N5O2. The lowest BCUT2D eigenvalue weighted by atomic mass is 9.93. The van der Waals surface area contributed by atoms with Gasteiger partial charge in [-0.3, -0.25) is 9.59 Å². The van der Waals surface area contributed by atoms with Gasteiger partial charge in [0.2, 0.25) is 11.8 Å². The third-order valence-electron chi connectivity index (χ3n) is 4.77. The number of likely N-dealkylation sites (N-methyl/N-ethyl adjacent to an activating group) is 1. The molecule has 3 atom stereocenters. The summed E-state index contributed by atoms with van der Waals surface area (Å²) in [6, 6.07) is 6.69. The summed E-state index contributed by atoms with van der Waals surface area (Å²) in [5.41, 5.74) is 9.39. The second-order valence-corrected chi connectivity index (χ2v) is 6.33. The number of imidazole rings is 1. The fourth-order valence-corrected chi connectivity index (χ4v) is 3.41. The first-order valence-electron chi connectivity index (χ1n) is 8.42. The zero-order valence-corrected chi connectivity index (χ0v) is 14.2. The zero-order valence-electron chi connectivity index (χ0n) is 14.2. The summed E-state index contributed by atoms with van der Waals surface area (Å²) in [7, 11) is 1.54. The summed E-state index contributed by atoms with van der Waals surface area (Å²) in [5.74, 6) is -0.592. The Hall–Kier alpha value is -2.67. The van der Waals surface area contributed by atoms with Crippen molar-refractivity contribution in [1.29, 1.82) is 0 Å². The fraction of sp³-hybridized carbons (Fsp3) is 0.389. The van der Waals surface area contributed by atoms with Gasteiger partial charge in [-0.1, -0.05) is 24.3 Å². The molecule has 25 heavy (non-hydrogen) atoms. The molecule has 0 saturated heterocycles. The maximum absolute atomic E-state index is 12.7. The molecule has 0 fully saturated rings. The Morgan fingerprint density at radius 1 is 1.36 bits per heavy atom. The third kappa shape index (κ3) is 3.71. The van der Waals surface area contributed by atoms with E-state index in [-0.39, 0.29) is 17.7 Å². The smallest absolute Gasteiger partial charge is 0.242 e. The van der Waals surface area contributed by atoms with Crippen LogP contribution in [-0.4, -0.2) is 40.9 Å². The number of aryl methyl sites for hydroxylation is 1. The number of nitrogens with zero attached hydrogens (tertiary/aromatic N) is 1. The average Bonchev–Trinajstić information content (AvgIpc) is 3.29. The minimum Gasteiger partial charge on any atom is -0.357 e. The van der Waals surface area contributed by atoms with Gasteiger partial charge in [0.25, 0.3) is 0 Å². The lowest BCUT2D eigenvalue weighted by molar-refractivity contribution is -0.129. The predicted octanol–water partition coefficient (Wildman–Crippen LogP) is 0.240. The largest absolute Gasteiger partial charge is 0.357 e. The first-order valence-corrected chi connectivity index (χ1v) is 8.42. The van der Waals surface area contributed by atoms with Gasteiger partial charge in [0.15, 0.2) is 0 Å². The van der Waals surface area contributed by atoms with Crippen LogP contribution in [0.2, 0.25) is 0 Å². The molecule has 2 aromatic rings. The standard InChI is InChI=1S/C18H23N5O2/c1-20-17(24)15(8-12-9-21-10-22-12)23-18(25)16(19)14-7-6-11-4-2-3-5-13(11)14/h2-5,9-10,14-16H,6-8,19H2,1H3,(H,20,24)(H,21,22)(H,23,25)/t14?,15-,16-/m0/s1. The van der Waals surface area contributed by atoms with Crippen molar-refractivity contribution in [1.82, 2.24) is 20.6 Å². The van der Waals surface area contributed by atoms with Gasteiger partial charge in [0.05, 0.1) is 12.4 Å². The molecule has 0 spiro atoms. The molecule has 0 bridgehead atoms. The number of rotatable bonds is 6. The lowest BCUT2D eigenvalue weighted by Gasteiger charge is -2.23. The van der Waals surface area contributed by atoms with E-state index in [2.05, 4.69) is 26.7 Å². The van der Waals surface area contributed by atoms with E-state index in [1.807, 2.05) is 18.2 Å². The number of nitrogens with two attached hydrogens (primary N) is 1. The van der Waals surface area contributed by atoms with Gasteiger partial charge in [-0.15, -0.1) is 0 Å². The van der Waals surface area contributed by atoms with E-state index in [9.17, 15) is 9.59 Å².